The first-order valence-electron chi connectivity index (χ1n) is 7.29. The second kappa shape index (κ2) is 6.40. The van der Waals surface area contributed by atoms with Gasteiger partial charge in [0.2, 0.25) is 0 Å². The van der Waals surface area contributed by atoms with Crippen LogP contribution in [0.5, 0.6) is 5.75 Å². The average molecular weight is 262 g/mol. The van der Waals surface area contributed by atoms with Crippen molar-refractivity contribution >= 4 is 0 Å². The Labute approximate surface area is 116 Å². The van der Waals surface area contributed by atoms with Crippen molar-refractivity contribution in [3.8, 4) is 5.75 Å². The smallest absolute Gasteiger partial charge is 0.115 e. The lowest BCUT2D eigenvalue weighted by Crippen LogP contribution is -2.42. The number of rotatable bonds is 7. The molecule has 3 heteroatoms. The summed E-state index contributed by atoms with van der Waals surface area (Å²) in [5.74, 6) is 0.337. The molecule has 106 valence electrons. The van der Waals surface area contributed by atoms with Crippen LogP contribution < -0.4 is 5.32 Å². The van der Waals surface area contributed by atoms with Gasteiger partial charge in [-0.25, -0.2) is 0 Å². The molecule has 2 atom stereocenters. The summed E-state index contributed by atoms with van der Waals surface area (Å²) >= 11 is 0. The molecule has 3 nitrogen and oxygen atoms in total. The van der Waals surface area contributed by atoms with Crippen molar-refractivity contribution in [3.05, 3.63) is 29.8 Å². The van der Waals surface area contributed by atoms with Crippen molar-refractivity contribution in [1.29, 1.82) is 0 Å². The summed E-state index contributed by atoms with van der Waals surface area (Å²) in [5.41, 5.74) is 1.26. The Balaban J connectivity index is 1.71. The highest BCUT2D eigenvalue weighted by Gasteiger charge is 2.28. The highest BCUT2D eigenvalue weighted by atomic mass is 16.3. The summed E-state index contributed by atoms with van der Waals surface area (Å²) < 4.78 is 0. The Bertz CT molecular complexity index is 386. The molecule has 0 amide bonds. The van der Waals surface area contributed by atoms with Gasteiger partial charge in [-0.2, -0.15) is 0 Å². The largest absolute Gasteiger partial charge is 0.508 e. The van der Waals surface area contributed by atoms with Crippen LogP contribution in [-0.4, -0.2) is 41.7 Å². The monoisotopic (exact) mass is 262 g/mol. The Hall–Kier alpha value is -1.06. The molecular formula is C16H26N2O. The predicted octanol–water partition coefficient (Wildman–Crippen LogP) is 2.40. The van der Waals surface area contributed by atoms with Crippen LogP contribution in [0.3, 0.4) is 0 Å². The molecule has 0 aliphatic heterocycles. The van der Waals surface area contributed by atoms with Crippen LogP contribution in [-0.2, 0) is 6.42 Å². The quantitative estimate of drug-likeness (QED) is 0.792. The second-order valence-corrected chi connectivity index (χ2v) is 5.93. The minimum atomic E-state index is 0.337. The molecule has 2 unspecified atom stereocenters. The van der Waals surface area contributed by atoms with Crippen molar-refractivity contribution in [3.63, 3.8) is 0 Å². The average Bonchev–Trinajstić information content (AvgIpc) is 3.22. The van der Waals surface area contributed by atoms with Gasteiger partial charge in [0, 0.05) is 24.7 Å². The van der Waals surface area contributed by atoms with Gasteiger partial charge in [-0.3, -0.25) is 4.90 Å². The zero-order chi connectivity index (χ0) is 13.8. The van der Waals surface area contributed by atoms with Crippen LogP contribution in [0.25, 0.3) is 0 Å². The highest BCUT2D eigenvalue weighted by molar-refractivity contribution is 5.26. The van der Waals surface area contributed by atoms with Gasteiger partial charge in [-0.15, -0.1) is 0 Å². The molecule has 0 spiro atoms. The van der Waals surface area contributed by atoms with Crippen molar-refractivity contribution in [2.75, 3.05) is 13.6 Å². The third-order valence-corrected chi connectivity index (χ3v) is 4.06. The lowest BCUT2D eigenvalue weighted by atomic mass is 10.1. The Morgan fingerprint density at radius 3 is 2.47 bits per heavy atom. The third-order valence-electron chi connectivity index (χ3n) is 4.06. The van der Waals surface area contributed by atoms with E-state index in [1.165, 1.54) is 18.4 Å². The molecule has 1 aromatic rings. The van der Waals surface area contributed by atoms with Gasteiger partial charge in [0.25, 0.3) is 0 Å². The number of hydrogen-bond donors (Lipinski definition) is 2. The number of aromatic hydroxyl groups is 1. The van der Waals surface area contributed by atoms with E-state index >= 15 is 0 Å². The SMILES string of the molecule is CC(Cc1ccc(O)cc1)NCC(C)N(C)C1CC1. The molecule has 0 aromatic heterocycles. The molecule has 0 heterocycles. The maximum Gasteiger partial charge on any atom is 0.115 e. The maximum absolute atomic E-state index is 9.26. The summed E-state index contributed by atoms with van der Waals surface area (Å²) in [6, 6.07) is 9.37. The molecule has 1 aromatic carbocycles. The fraction of sp³-hybridized carbons (Fsp3) is 0.625. The number of nitrogens with one attached hydrogen (secondary N) is 1. The summed E-state index contributed by atoms with van der Waals surface area (Å²) in [5, 5.41) is 12.9. The van der Waals surface area contributed by atoms with Crippen LogP contribution in [0.4, 0.5) is 0 Å². The molecule has 1 fully saturated rings. The molecule has 19 heavy (non-hydrogen) atoms. The zero-order valence-corrected chi connectivity index (χ0v) is 12.3. The minimum Gasteiger partial charge on any atom is -0.508 e. The van der Waals surface area contributed by atoms with E-state index in [1.54, 1.807) is 12.1 Å². The number of likely N-dealkylation sites (N-methyl/N-ethyl adjacent to an activating group) is 1. The van der Waals surface area contributed by atoms with Gasteiger partial charge in [-0.05, 0) is 57.9 Å². The van der Waals surface area contributed by atoms with Crippen LogP contribution in [0, 0.1) is 0 Å². The van der Waals surface area contributed by atoms with E-state index in [1.807, 2.05) is 12.1 Å². The standard InChI is InChI=1S/C16H26N2O/c1-12(10-14-4-8-16(19)9-5-14)17-11-13(2)18(3)15-6-7-15/h4-5,8-9,12-13,15,17,19H,6-7,10-11H2,1-3H3. The lowest BCUT2D eigenvalue weighted by molar-refractivity contribution is 0.236. The molecular weight excluding hydrogens is 236 g/mol. The highest BCUT2D eigenvalue weighted by Crippen LogP contribution is 2.26. The van der Waals surface area contributed by atoms with E-state index in [0.29, 0.717) is 17.8 Å². The van der Waals surface area contributed by atoms with Gasteiger partial charge in [0.15, 0.2) is 0 Å². The number of benzene rings is 1. The maximum atomic E-state index is 9.26. The van der Waals surface area contributed by atoms with Gasteiger partial charge in [-0.1, -0.05) is 12.1 Å². The number of phenolic OH excluding ortho intramolecular Hbond substituents is 1. The molecule has 2 N–H and O–H groups in total. The Kier molecular flexibility index (Phi) is 4.83. The zero-order valence-electron chi connectivity index (χ0n) is 12.3. The molecule has 1 aliphatic rings. The topological polar surface area (TPSA) is 35.5 Å². The van der Waals surface area contributed by atoms with E-state index < -0.39 is 0 Å². The van der Waals surface area contributed by atoms with E-state index in [4.69, 9.17) is 0 Å². The molecule has 0 bridgehead atoms. The van der Waals surface area contributed by atoms with E-state index in [0.717, 1.165) is 19.0 Å². The molecule has 0 radical (unpaired) electrons. The lowest BCUT2D eigenvalue weighted by Gasteiger charge is -2.26. The number of phenols is 1. The van der Waals surface area contributed by atoms with Crippen molar-refractivity contribution in [2.24, 2.45) is 0 Å². The van der Waals surface area contributed by atoms with E-state index in [-0.39, 0.29) is 0 Å². The normalized spacial score (nSPS) is 18.5. The van der Waals surface area contributed by atoms with Gasteiger partial charge < -0.3 is 10.4 Å². The summed E-state index contributed by atoms with van der Waals surface area (Å²) in [7, 11) is 2.23. The summed E-state index contributed by atoms with van der Waals surface area (Å²) in [6.07, 6.45) is 3.73. The minimum absolute atomic E-state index is 0.337. The first kappa shape index (κ1) is 14.4. The fourth-order valence-corrected chi connectivity index (χ4v) is 2.42. The van der Waals surface area contributed by atoms with Crippen LogP contribution in [0.15, 0.2) is 24.3 Å². The van der Waals surface area contributed by atoms with E-state index in [2.05, 4.69) is 31.1 Å². The van der Waals surface area contributed by atoms with Crippen LogP contribution >= 0.6 is 0 Å². The van der Waals surface area contributed by atoms with Gasteiger partial charge in [0.05, 0.1) is 0 Å². The predicted molar refractivity (Wildman–Crippen MR) is 79.5 cm³/mol. The molecule has 1 aliphatic carbocycles. The van der Waals surface area contributed by atoms with E-state index in [9.17, 15) is 5.11 Å². The van der Waals surface area contributed by atoms with Gasteiger partial charge in [0.1, 0.15) is 5.75 Å². The first-order chi connectivity index (χ1) is 9.06. The Morgan fingerprint density at radius 2 is 1.89 bits per heavy atom. The van der Waals surface area contributed by atoms with Crippen LogP contribution in [0.1, 0.15) is 32.3 Å². The van der Waals surface area contributed by atoms with Crippen molar-refractivity contribution < 1.29 is 5.11 Å². The van der Waals surface area contributed by atoms with Crippen molar-refractivity contribution in [1.82, 2.24) is 10.2 Å². The summed E-state index contributed by atoms with van der Waals surface area (Å²) in [4.78, 5) is 2.49. The van der Waals surface area contributed by atoms with Crippen molar-refractivity contribution in [2.45, 2.75) is 51.2 Å². The molecule has 0 saturated heterocycles. The molecule has 2 rings (SSSR count). The summed E-state index contributed by atoms with van der Waals surface area (Å²) in [6.45, 7) is 5.54. The number of nitrogens with zero attached hydrogens (tertiary/aromatic N) is 1. The first-order valence-corrected chi connectivity index (χ1v) is 7.29. The Morgan fingerprint density at radius 1 is 1.26 bits per heavy atom. The number of hydrogen-bond acceptors (Lipinski definition) is 3. The van der Waals surface area contributed by atoms with Crippen LogP contribution in [0.2, 0.25) is 0 Å². The third kappa shape index (κ3) is 4.51. The fourth-order valence-electron chi connectivity index (χ4n) is 2.42. The van der Waals surface area contributed by atoms with Gasteiger partial charge >= 0.3 is 0 Å². The second-order valence-electron chi connectivity index (χ2n) is 5.93. The molecule has 1 saturated carbocycles.